The topological polar surface area (TPSA) is 9.23 Å². The van der Waals surface area contributed by atoms with E-state index >= 15 is 0 Å². The maximum atomic E-state index is 13.5. The fourth-order valence-corrected chi connectivity index (χ4v) is 2.95. The standard InChI is InChI=1S/C17H17BrClFO/c1-21-15-7-5-12(6-8-15)9-13(11-18)10-14-3-2-4-16(20)17(14)19/h2-8,13H,9-11H2,1H3. The normalized spacial score (nSPS) is 12.2. The molecule has 2 rings (SSSR count). The van der Waals surface area contributed by atoms with Gasteiger partial charge in [-0.15, -0.1) is 0 Å². The van der Waals surface area contributed by atoms with Crippen LogP contribution in [0, 0.1) is 11.7 Å². The van der Waals surface area contributed by atoms with Gasteiger partial charge in [-0.2, -0.15) is 0 Å². The van der Waals surface area contributed by atoms with Gasteiger partial charge in [0.25, 0.3) is 0 Å². The van der Waals surface area contributed by atoms with E-state index < -0.39 is 0 Å². The third-order valence-corrected chi connectivity index (χ3v) is 4.78. The summed E-state index contributed by atoms with van der Waals surface area (Å²) in [5.74, 6) is 0.854. The van der Waals surface area contributed by atoms with Gasteiger partial charge in [0.2, 0.25) is 0 Å². The highest BCUT2D eigenvalue weighted by atomic mass is 79.9. The zero-order valence-electron chi connectivity index (χ0n) is 11.8. The van der Waals surface area contributed by atoms with Crippen LogP contribution >= 0.6 is 27.5 Å². The first-order valence-electron chi connectivity index (χ1n) is 6.75. The Kier molecular flexibility index (Phi) is 6.07. The van der Waals surface area contributed by atoms with Crippen LogP contribution in [-0.2, 0) is 12.8 Å². The van der Waals surface area contributed by atoms with E-state index in [2.05, 4.69) is 28.1 Å². The number of hydrogen-bond donors (Lipinski definition) is 0. The van der Waals surface area contributed by atoms with Gasteiger partial charge in [0, 0.05) is 5.33 Å². The molecule has 0 heterocycles. The molecule has 4 heteroatoms. The van der Waals surface area contributed by atoms with Gasteiger partial charge in [-0.25, -0.2) is 4.39 Å². The maximum Gasteiger partial charge on any atom is 0.142 e. The van der Waals surface area contributed by atoms with Crippen molar-refractivity contribution in [3.63, 3.8) is 0 Å². The van der Waals surface area contributed by atoms with Gasteiger partial charge in [0.05, 0.1) is 12.1 Å². The molecule has 0 fully saturated rings. The molecule has 112 valence electrons. The van der Waals surface area contributed by atoms with Gasteiger partial charge < -0.3 is 4.74 Å². The minimum absolute atomic E-state index is 0.234. The molecule has 0 radical (unpaired) electrons. The molecule has 2 aromatic rings. The molecule has 0 aliphatic heterocycles. The lowest BCUT2D eigenvalue weighted by atomic mass is 9.94. The summed E-state index contributed by atoms with van der Waals surface area (Å²) >= 11 is 9.57. The molecule has 0 aromatic heterocycles. The predicted octanol–water partition coefficient (Wildman–Crippen LogP) is 5.28. The van der Waals surface area contributed by atoms with Crippen LogP contribution in [0.4, 0.5) is 4.39 Å². The summed E-state index contributed by atoms with van der Waals surface area (Å²) in [5.41, 5.74) is 2.09. The van der Waals surface area contributed by atoms with Gasteiger partial charge >= 0.3 is 0 Å². The Bertz CT molecular complexity index is 586. The van der Waals surface area contributed by atoms with Gasteiger partial charge in [-0.1, -0.05) is 51.8 Å². The van der Waals surface area contributed by atoms with Crippen molar-refractivity contribution in [3.8, 4) is 5.75 Å². The molecule has 0 saturated heterocycles. The van der Waals surface area contributed by atoms with Crippen molar-refractivity contribution in [1.29, 1.82) is 0 Å². The first-order valence-corrected chi connectivity index (χ1v) is 8.25. The summed E-state index contributed by atoms with van der Waals surface area (Å²) in [7, 11) is 1.66. The molecule has 0 aliphatic rings. The van der Waals surface area contributed by atoms with Gasteiger partial charge in [0.15, 0.2) is 0 Å². The predicted molar refractivity (Wildman–Crippen MR) is 89.1 cm³/mol. The molecule has 0 spiro atoms. The Morgan fingerprint density at radius 1 is 1.14 bits per heavy atom. The molecule has 0 N–H and O–H groups in total. The highest BCUT2D eigenvalue weighted by Crippen LogP contribution is 2.25. The van der Waals surface area contributed by atoms with E-state index in [0.717, 1.165) is 29.5 Å². The number of methoxy groups -OCH3 is 1. The van der Waals surface area contributed by atoms with Gasteiger partial charge in [-0.3, -0.25) is 0 Å². The summed E-state index contributed by atoms with van der Waals surface area (Å²) < 4.78 is 18.6. The first-order chi connectivity index (χ1) is 10.1. The number of rotatable bonds is 6. The van der Waals surface area contributed by atoms with Crippen molar-refractivity contribution in [2.45, 2.75) is 12.8 Å². The third-order valence-electron chi connectivity index (χ3n) is 3.44. The second-order valence-electron chi connectivity index (χ2n) is 4.99. The van der Waals surface area contributed by atoms with Crippen LogP contribution in [0.25, 0.3) is 0 Å². The molecule has 0 aliphatic carbocycles. The van der Waals surface area contributed by atoms with E-state index in [1.165, 1.54) is 11.6 Å². The molecule has 2 aromatic carbocycles. The van der Waals surface area contributed by atoms with Crippen LogP contribution in [0.5, 0.6) is 5.75 Å². The van der Waals surface area contributed by atoms with Crippen LogP contribution in [0.15, 0.2) is 42.5 Å². The fourth-order valence-electron chi connectivity index (χ4n) is 2.29. The van der Waals surface area contributed by atoms with Crippen molar-refractivity contribution in [3.05, 3.63) is 64.4 Å². The summed E-state index contributed by atoms with van der Waals surface area (Å²) in [6.07, 6.45) is 1.65. The Labute approximate surface area is 138 Å². The molecule has 21 heavy (non-hydrogen) atoms. The number of alkyl halides is 1. The summed E-state index contributed by atoms with van der Waals surface area (Å²) in [5, 5.41) is 1.07. The summed E-state index contributed by atoms with van der Waals surface area (Å²) in [4.78, 5) is 0. The molecule has 1 nitrogen and oxygen atoms in total. The van der Waals surface area contributed by atoms with Crippen molar-refractivity contribution >= 4 is 27.5 Å². The lowest BCUT2D eigenvalue weighted by Crippen LogP contribution is -2.10. The molecule has 1 atom stereocenters. The molecule has 0 amide bonds. The molecule has 0 saturated carbocycles. The average Bonchev–Trinajstić information content (AvgIpc) is 2.51. The molecular weight excluding hydrogens is 355 g/mol. The third kappa shape index (κ3) is 4.45. The van der Waals surface area contributed by atoms with E-state index in [4.69, 9.17) is 16.3 Å². The van der Waals surface area contributed by atoms with E-state index in [1.807, 2.05) is 18.2 Å². The van der Waals surface area contributed by atoms with E-state index in [-0.39, 0.29) is 10.8 Å². The van der Waals surface area contributed by atoms with E-state index in [1.54, 1.807) is 13.2 Å². The minimum atomic E-state index is -0.355. The average molecular weight is 372 g/mol. The number of benzene rings is 2. The van der Waals surface area contributed by atoms with Crippen LogP contribution in [0.3, 0.4) is 0 Å². The van der Waals surface area contributed by atoms with Crippen molar-refractivity contribution in [1.82, 2.24) is 0 Å². The highest BCUT2D eigenvalue weighted by molar-refractivity contribution is 9.09. The maximum absolute atomic E-state index is 13.5. The SMILES string of the molecule is COc1ccc(CC(CBr)Cc2cccc(F)c2Cl)cc1. The number of halogens is 3. The van der Waals surface area contributed by atoms with Gasteiger partial charge in [-0.05, 0) is 48.1 Å². The Morgan fingerprint density at radius 2 is 1.86 bits per heavy atom. The molecule has 0 bridgehead atoms. The van der Waals surface area contributed by atoms with Crippen molar-refractivity contribution in [2.75, 3.05) is 12.4 Å². The van der Waals surface area contributed by atoms with Crippen LogP contribution in [0.2, 0.25) is 5.02 Å². The minimum Gasteiger partial charge on any atom is -0.497 e. The number of ether oxygens (including phenoxy) is 1. The van der Waals surface area contributed by atoms with Crippen LogP contribution in [-0.4, -0.2) is 12.4 Å². The number of hydrogen-bond acceptors (Lipinski definition) is 1. The lowest BCUT2D eigenvalue weighted by molar-refractivity contribution is 0.414. The van der Waals surface area contributed by atoms with E-state index in [9.17, 15) is 4.39 Å². The van der Waals surface area contributed by atoms with Crippen molar-refractivity contribution in [2.24, 2.45) is 5.92 Å². The van der Waals surface area contributed by atoms with Gasteiger partial charge in [0.1, 0.15) is 11.6 Å². The lowest BCUT2D eigenvalue weighted by Gasteiger charge is -2.15. The fraction of sp³-hybridized carbons (Fsp3) is 0.294. The second kappa shape index (κ2) is 7.81. The zero-order chi connectivity index (χ0) is 15.2. The smallest absolute Gasteiger partial charge is 0.142 e. The Morgan fingerprint density at radius 3 is 2.48 bits per heavy atom. The van der Waals surface area contributed by atoms with Crippen molar-refractivity contribution < 1.29 is 9.13 Å². The summed E-state index contributed by atoms with van der Waals surface area (Å²) in [6, 6.07) is 13.0. The second-order valence-corrected chi connectivity index (χ2v) is 6.02. The Hall–Kier alpha value is -1.06. The Balaban J connectivity index is 2.07. The summed E-state index contributed by atoms with van der Waals surface area (Å²) in [6.45, 7) is 0. The highest BCUT2D eigenvalue weighted by Gasteiger charge is 2.13. The molecular formula is C17H17BrClFO. The largest absolute Gasteiger partial charge is 0.497 e. The van der Waals surface area contributed by atoms with E-state index in [0.29, 0.717) is 5.92 Å². The van der Waals surface area contributed by atoms with Crippen LogP contribution < -0.4 is 4.74 Å². The molecule has 1 unspecified atom stereocenters. The van der Waals surface area contributed by atoms with Crippen LogP contribution in [0.1, 0.15) is 11.1 Å². The first kappa shape index (κ1) is 16.3. The monoisotopic (exact) mass is 370 g/mol. The zero-order valence-corrected chi connectivity index (χ0v) is 14.1. The quantitative estimate of drug-likeness (QED) is 0.627.